The summed E-state index contributed by atoms with van der Waals surface area (Å²) >= 11 is 12.1. The molecule has 0 saturated carbocycles. The van der Waals surface area contributed by atoms with E-state index in [2.05, 4.69) is 97.1 Å². The van der Waals surface area contributed by atoms with Gasteiger partial charge in [-0.2, -0.15) is 0 Å². The number of rotatable bonds is 6. The Balaban J connectivity index is 1.31. The Morgan fingerprint density at radius 2 is 0.791 bits per heavy atom. The standard InChI is InChI=1S/C39H26Cl2N2/c40-31-17-9-27(10-18-31)25-42-33-21-13-29(14-22-33)39(37-7-3-1-5-35(37)36-6-2-4-8-38(36)39)30-15-23-34(24-16-30)43-26-28-11-19-32(41)20-12-28/h1-26H. The van der Waals surface area contributed by atoms with Crippen molar-refractivity contribution in [2.75, 3.05) is 0 Å². The van der Waals surface area contributed by atoms with Crippen molar-refractivity contribution in [3.63, 3.8) is 0 Å². The molecule has 0 aliphatic heterocycles. The quantitative estimate of drug-likeness (QED) is 0.171. The maximum absolute atomic E-state index is 6.04. The molecule has 7 rings (SSSR count). The zero-order valence-electron chi connectivity index (χ0n) is 23.2. The van der Waals surface area contributed by atoms with Crippen molar-refractivity contribution < 1.29 is 0 Å². The van der Waals surface area contributed by atoms with Crippen LogP contribution in [0.5, 0.6) is 0 Å². The van der Waals surface area contributed by atoms with Crippen molar-refractivity contribution in [1.29, 1.82) is 0 Å². The van der Waals surface area contributed by atoms with E-state index in [1.54, 1.807) is 0 Å². The largest absolute Gasteiger partial charge is 0.256 e. The summed E-state index contributed by atoms with van der Waals surface area (Å²) in [4.78, 5) is 9.46. The lowest BCUT2D eigenvalue weighted by Crippen LogP contribution is -2.28. The van der Waals surface area contributed by atoms with Crippen LogP contribution < -0.4 is 0 Å². The van der Waals surface area contributed by atoms with Gasteiger partial charge in [0, 0.05) is 22.5 Å². The molecule has 0 aromatic heterocycles. The molecule has 0 heterocycles. The minimum atomic E-state index is -0.482. The molecule has 6 aromatic rings. The highest BCUT2D eigenvalue weighted by atomic mass is 35.5. The maximum atomic E-state index is 6.04. The third-order valence-electron chi connectivity index (χ3n) is 8.02. The summed E-state index contributed by atoms with van der Waals surface area (Å²) in [7, 11) is 0. The van der Waals surface area contributed by atoms with Gasteiger partial charge in [0.1, 0.15) is 0 Å². The van der Waals surface area contributed by atoms with Crippen LogP contribution in [0.4, 0.5) is 11.4 Å². The Morgan fingerprint density at radius 1 is 0.419 bits per heavy atom. The topological polar surface area (TPSA) is 24.7 Å². The Hall–Kier alpha value is -4.76. The van der Waals surface area contributed by atoms with Crippen LogP contribution >= 0.6 is 23.2 Å². The summed E-state index contributed by atoms with van der Waals surface area (Å²) in [5.41, 5.74) is 10.7. The molecule has 0 saturated heterocycles. The first kappa shape index (κ1) is 27.1. The number of hydrogen-bond donors (Lipinski definition) is 0. The van der Waals surface area contributed by atoms with E-state index < -0.39 is 5.41 Å². The van der Waals surface area contributed by atoms with Crippen LogP contribution in [0.15, 0.2) is 156 Å². The molecule has 6 aromatic carbocycles. The van der Waals surface area contributed by atoms with Gasteiger partial charge in [-0.05, 0) is 93.0 Å². The van der Waals surface area contributed by atoms with Gasteiger partial charge in [0.25, 0.3) is 0 Å². The number of hydrogen-bond acceptors (Lipinski definition) is 2. The molecule has 0 radical (unpaired) electrons. The number of benzene rings is 6. The second kappa shape index (κ2) is 11.5. The minimum Gasteiger partial charge on any atom is -0.256 e. The molecule has 0 amide bonds. The molecule has 4 heteroatoms. The Morgan fingerprint density at radius 3 is 1.19 bits per heavy atom. The molecule has 43 heavy (non-hydrogen) atoms. The molecular formula is C39H26Cl2N2. The van der Waals surface area contributed by atoms with Crippen molar-refractivity contribution in [1.82, 2.24) is 0 Å². The van der Waals surface area contributed by atoms with Gasteiger partial charge in [0.15, 0.2) is 0 Å². The van der Waals surface area contributed by atoms with Gasteiger partial charge >= 0.3 is 0 Å². The van der Waals surface area contributed by atoms with Crippen LogP contribution in [-0.2, 0) is 5.41 Å². The first-order chi connectivity index (χ1) is 21.1. The number of aliphatic imine (C=N–C) groups is 2. The Kier molecular flexibility index (Phi) is 7.24. The lowest BCUT2D eigenvalue weighted by atomic mass is 9.67. The normalized spacial score (nSPS) is 13.3. The summed E-state index contributed by atoms with van der Waals surface area (Å²) in [5, 5.41) is 1.43. The van der Waals surface area contributed by atoms with Crippen molar-refractivity contribution in [3.8, 4) is 11.1 Å². The summed E-state index contributed by atoms with van der Waals surface area (Å²) < 4.78 is 0. The predicted molar refractivity (Wildman–Crippen MR) is 181 cm³/mol. The third kappa shape index (κ3) is 5.10. The van der Waals surface area contributed by atoms with E-state index in [9.17, 15) is 0 Å². The van der Waals surface area contributed by atoms with Crippen molar-refractivity contribution in [3.05, 3.63) is 189 Å². The molecule has 1 aliphatic carbocycles. The van der Waals surface area contributed by atoms with Gasteiger partial charge in [-0.25, -0.2) is 0 Å². The molecule has 0 fully saturated rings. The molecule has 0 atom stereocenters. The van der Waals surface area contributed by atoms with Crippen LogP contribution in [0.25, 0.3) is 11.1 Å². The average molecular weight is 594 g/mol. The SMILES string of the molecule is Clc1ccc(C=Nc2ccc(C3(c4ccc(N=Cc5ccc(Cl)cc5)cc4)c4ccccc4-c4ccccc43)cc2)cc1. The highest BCUT2D eigenvalue weighted by Gasteiger charge is 2.45. The van der Waals surface area contributed by atoms with Crippen molar-refractivity contribution >= 4 is 47.0 Å². The zero-order chi connectivity index (χ0) is 29.2. The van der Waals surface area contributed by atoms with Crippen LogP contribution in [0.1, 0.15) is 33.4 Å². The molecule has 0 N–H and O–H groups in total. The van der Waals surface area contributed by atoms with E-state index >= 15 is 0 Å². The molecule has 1 aliphatic rings. The fourth-order valence-corrected chi connectivity index (χ4v) is 6.27. The second-order valence-electron chi connectivity index (χ2n) is 10.6. The summed E-state index contributed by atoms with van der Waals surface area (Å²) in [5.74, 6) is 0. The molecule has 0 spiro atoms. The molecule has 2 nitrogen and oxygen atoms in total. The summed E-state index contributed by atoms with van der Waals surface area (Å²) in [6.07, 6.45) is 3.73. The van der Waals surface area contributed by atoms with Gasteiger partial charge < -0.3 is 0 Å². The van der Waals surface area contributed by atoms with Gasteiger partial charge in [-0.1, -0.05) is 120 Å². The van der Waals surface area contributed by atoms with Gasteiger partial charge in [-0.3, -0.25) is 9.98 Å². The highest BCUT2D eigenvalue weighted by Crippen LogP contribution is 2.56. The molecule has 0 unspecified atom stereocenters. The fourth-order valence-electron chi connectivity index (χ4n) is 6.01. The van der Waals surface area contributed by atoms with Gasteiger partial charge in [0.05, 0.1) is 16.8 Å². The number of nitrogens with zero attached hydrogens (tertiary/aromatic N) is 2. The first-order valence-corrected chi connectivity index (χ1v) is 14.9. The smallest absolute Gasteiger partial charge is 0.0713 e. The van der Waals surface area contributed by atoms with Crippen LogP contribution in [0, 0.1) is 0 Å². The van der Waals surface area contributed by atoms with E-state index in [4.69, 9.17) is 33.2 Å². The third-order valence-corrected chi connectivity index (χ3v) is 8.52. The van der Waals surface area contributed by atoms with Crippen LogP contribution in [0.3, 0.4) is 0 Å². The fraction of sp³-hybridized carbons (Fsp3) is 0.0256. The molecule has 206 valence electrons. The first-order valence-electron chi connectivity index (χ1n) is 14.1. The Bertz CT molecular complexity index is 1810. The Labute approximate surface area is 261 Å². The highest BCUT2D eigenvalue weighted by molar-refractivity contribution is 6.30. The lowest BCUT2D eigenvalue weighted by molar-refractivity contribution is 0.768. The predicted octanol–water partition coefficient (Wildman–Crippen LogP) is 10.9. The lowest BCUT2D eigenvalue weighted by Gasteiger charge is -2.34. The van der Waals surface area contributed by atoms with Crippen molar-refractivity contribution in [2.45, 2.75) is 5.41 Å². The number of fused-ring (bicyclic) bond motifs is 3. The van der Waals surface area contributed by atoms with Gasteiger partial charge in [0.2, 0.25) is 0 Å². The summed E-state index contributed by atoms with van der Waals surface area (Å²) in [6, 6.07) is 50.0. The summed E-state index contributed by atoms with van der Waals surface area (Å²) in [6.45, 7) is 0. The van der Waals surface area contributed by atoms with Crippen molar-refractivity contribution in [2.24, 2.45) is 9.98 Å². The van der Waals surface area contributed by atoms with E-state index in [0.29, 0.717) is 10.0 Å². The second-order valence-corrected chi connectivity index (χ2v) is 11.4. The number of halogens is 2. The molecular weight excluding hydrogens is 567 g/mol. The van der Waals surface area contributed by atoms with E-state index in [1.807, 2.05) is 61.0 Å². The maximum Gasteiger partial charge on any atom is 0.0713 e. The van der Waals surface area contributed by atoms with E-state index in [0.717, 1.165) is 22.5 Å². The van der Waals surface area contributed by atoms with Crippen LogP contribution in [0.2, 0.25) is 10.0 Å². The van der Waals surface area contributed by atoms with E-state index in [-0.39, 0.29) is 0 Å². The van der Waals surface area contributed by atoms with Crippen LogP contribution in [-0.4, -0.2) is 12.4 Å². The molecule has 0 bridgehead atoms. The van der Waals surface area contributed by atoms with Gasteiger partial charge in [-0.15, -0.1) is 0 Å². The minimum absolute atomic E-state index is 0.482. The zero-order valence-corrected chi connectivity index (χ0v) is 24.7. The average Bonchev–Trinajstić information content (AvgIpc) is 3.36. The monoisotopic (exact) mass is 592 g/mol. The van der Waals surface area contributed by atoms with E-state index in [1.165, 1.54) is 33.4 Å².